The zero-order chi connectivity index (χ0) is 24.9. The molecule has 0 fully saturated rings. The lowest BCUT2D eigenvalue weighted by molar-refractivity contribution is -0.139. The van der Waals surface area contributed by atoms with Crippen LogP contribution >= 0.6 is 23.2 Å². The number of aryl methyl sites for hydroxylation is 1. The molecule has 0 saturated heterocycles. The minimum absolute atomic E-state index is 0.0207. The number of benzene rings is 2. The Labute approximate surface area is 204 Å². The van der Waals surface area contributed by atoms with Crippen molar-refractivity contribution >= 4 is 50.7 Å². The van der Waals surface area contributed by atoms with Crippen LogP contribution in [0.3, 0.4) is 0 Å². The highest BCUT2D eigenvalue weighted by molar-refractivity contribution is 7.92. The Balaban J connectivity index is 2.47. The van der Waals surface area contributed by atoms with Crippen molar-refractivity contribution in [2.24, 2.45) is 0 Å². The monoisotopic (exact) mass is 515 g/mol. The van der Waals surface area contributed by atoms with Gasteiger partial charge in [0, 0.05) is 13.6 Å². The largest absolute Gasteiger partial charge is 0.495 e. The number of halogens is 2. The lowest BCUT2D eigenvalue weighted by atomic mass is 10.1. The molecule has 1 atom stereocenters. The summed E-state index contributed by atoms with van der Waals surface area (Å²) in [5, 5.41) is 3.17. The second-order valence-electron chi connectivity index (χ2n) is 7.51. The molecule has 0 saturated carbocycles. The van der Waals surface area contributed by atoms with Gasteiger partial charge in [-0.05, 0) is 49.2 Å². The fraction of sp³-hybridized carbons (Fsp3) is 0.364. The number of carbonyl (C=O) groups excluding carboxylic acids is 2. The van der Waals surface area contributed by atoms with Crippen LogP contribution in [0.1, 0.15) is 18.1 Å². The van der Waals surface area contributed by atoms with Crippen LogP contribution in [0, 0.1) is 6.92 Å². The highest BCUT2D eigenvalue weighted by Gasteiger charge is 2.31. The van der Waals surface area contributed by atoms with Crippen molar-refractivity contribution in [2.45, 2.75) is 26.4 Å². The molecule has 2 aromatic rings. The Morgan fingerprint density at radius 1 is 1.12 bits per heavy atom. The van der Waals surface area contributed by atoms with Crippen molar-refractivity contribution in [2.75, 3.05) is 31.3 Å². The molecule has 8 nitrogen and oxygen atoms in total. The summed E-state index contributed by atoms with van der Waals surface area (Å²) in [5.74, 6) is -0.678. The molecule has 33 heavy (non-hydrogen) atoms. The number of amides is 2. The minimum Gasteiger partial charge on any atom is -0.495 e. The van der Waals surface area contributed by atoms with E-state index in [2.05, 4.69) is 5.32 Å². The van der Waals surface area contributed by atoms with Gasteiger partial charge in [-0.15, -0.1) is 0 Å². The van der Waals surface area contributed by atoms with Gasteiger partial charge in [0.2, 0.25) is 21.8 Å². The van der Waals surface area contributed by atoms with Gasteiger partial charge >= 0.3 is 0 Å². The van der Waals surface area contributed by atoms with Gasteiger partial charge in [0.25, 0.3) is 0 Å². The topological polar surface area (TPSA) is 96.0 Å². The van der Waals surface area contributed by atoms with Gasteiger partial charge in [0.1, 0.15) is 18.3 Å². The molecular formula is C22H27Cl2N3O5S. The Hall–Kier alpha value is -2.49. The number of methoxy groups -OCH3 is 1. The van der Waals surface area contributed by atoms with E-state index < -0.39 is 34.4 Å². The number of nitrogens with one attached hydrogen (secondary N) is 1. The number of sulfonamides is 1. The van der Waals surface area contributed by atoms with E-state index in [9.17, 15) is 18.0 Å². The molecule has 0 spiro atoms. The minimum atomic E-state index is -3.87. The number of likely N-dealkylation sites (N-methyl/N-ethyl adjacent to an activating group) is 1. The van der Waals surface area contributed by atoms with Crippen LogP contribution in [0.4, 0.5) is 5.69 Å². The highest BCUT2D eigenvalue weighted by atomic mass is 35.5. The number of hydrogen-bond donors (Lipinski definition) is 1. The van der Waals surface area contributed by atoms with E-state index in [0.717, 1.165) is 16.1 Å². The summed E-state index contributed by atoms with van der Waals surface area (Å²) in [4.78, 5) is 27.1. The molecule has 0 aliphatic rings. The standard InChI is InChI=1S/C22H27Cl2N3O5S/c1-14-6-9-20(32-4)19(10-14)27(33(5,30)31)13-21(28)26(15(2)22(29)25-3)12-16-7-8-17(23)18(24)11-16/h6-11,15H,12-13H2,1-5H3,(H,25,29). The molecule has 0 aliphatic carbocycles. The number of ether oxygens (including phenoxy) is 1. The van der Waals surface area contributed by atoms with Crippen molar-refractivity contribution < 1.29 is 22.7 Å². The van der Waals surface area contributed by atoms with E-state index >= 15 is 0 Å². The first-order valence-corrected chi connectivity index (χ1v) is 12.6. The third-order valence-electron chi connectivity index (χ3n) is 5.03. The van der Waals surface area contributed by atoms with E-state index in [1.54, 1.807) is 50.2 Å². The molecule has 1 unspecified atom stereocenters. The van der Waals surface area contributed by atoms with Crippen molar-refractivity contribution in [1.82, 2.24) is 10.2 Å². The Morgan fingerprint density at radius 3 is 2.33 bits per heavy atom. The van der Waals surface area contributed by atoms with Crippen LogP contribution in [-0.4, -0.2) is 58.1 Å². The van der Waals surface area contributed by atoms with Crippen molar-refractivity contribution in [3.05, 3.63) is 57.6 Å². The van der Waals surface area contributed by atoms with Crippen LogP contribution < -0.4 is 14.4 Å². The average Bonchev–Trinajstić information content (AvgIpc) is 2.76. The lowest BCUT2D eigenvalue weighted by Gasteiger charge is -2.31. The van der Waals surface area contributed by atoms with E-state index in [1.807, 2.05) is 0 Å². The summed E-state index contributed by atoms with van der Waals surface area (Å²) in [6, 6.07) is 9.02. The maximum atomic E-state index is 13.4. The first-order valence-electron chi connectivity index (χ1n) is 9.96. The third kappa shape index (κ3) is 6.75. The molecule has 0 heterocycles. The van der Waals surface area contributed by atoms with Crippen molar-refractivity contribution in [1.29, 1.82) is 0 Å². The predicted octanol–water partition coefficient (Wildman–Crippen LogP) is 3.24. The summed E-state index contributed by atoms with van der Waals surface area (Å²) in [7, 11) is -0.989. The van der Waals surface area contributed by atoms with Gasteiger partial charge in [-0.1, -0.05) is 35.3 Å². The molecule has 1 N–H and O–H groups in total. The van der Waals surface area contributed by atoms with Gasteiger partial charge in [-0.2, -0.15) is 0 Å². The van der Waals surface area contributed by atoms with Crippen LogP contribution in [0.15, 0.2) is 36.4 Å². The second-order valence-corrected chi connectivity index (χ2v) is 10.2. The number of carbonyl (C=O) groups is 2. The average molecular weight is 516 g/mol. The summed E-state index contributed by atoms with van der Waals surface area (Å²) in [6.07, 6.45) is 1.01. The van der Waals surface area contributed by atoms with Gasteiger partial charge in [0.15, 0.2) is 0 Å². The quantitative estimate of drug-likeness (QED) is 0.552. The molecule has 11 heteroatoms. The van der Waals surface area contributed by atoms with Crippen LogP contribution in [0.25, 0.3) is 0 Å². The summed E-state index contributed by atoms with van der Waals surface area (Å²) in [6.45, 7) is 2.86. The number of hydrogen-bond acceptors (Lipinski definition) is 5. The van der Waals surface area contributed by atoms with Gasteiger partial charge < -0.3 is 15.0 Å². The smallest absolute Gasteiger partial charge is 0.244 e. The Kier molecular flexibility index (Phi) is 8.99. The first kappa shape index (κ1) is 26.8. The third-order valence-corrected chi connectivity index (χ3v) is 6.90. The van der Waals surface area contributed by atoms with Crippen LogP contribution in [0.2, 0.25) is 10.0 Å². The summed E-state index contributed by atoms with van der Waals surface area (Å²) >= 11 is 12.1. The maximum Gasteiger partial charge on any atom is 0.244 e. The number of rotatable bonds is 9. The molecule has 0 bridgehead atoms. The van der Waals surface area contributed by atoms with Gasteiger partial charge in [0.05, 0.1) is 29.1 Å². The fourth-order valence-corrected chi connectivity index (χ4v) is 4.38. The van der Waals surface area contributed by atoms with Crippen LogP contribution in [0.5, 0.6) is 5.75 Å². The summed E-state index contributed by atoms with van der Waals surface area (Å²) < 4.78 is 31.6. The Bertz CT molecular complexity index is 1140. The van der Waals surface area contributed by atoms with E-state index in [4.69, 9.17) is 27.9 Å². The zero-order valence-corrected chi connectivity index (χ0v) is 21.4. The molecule has 2 aromatic carbocycles. The summed E-state index contributed by atoms with van der Waals surface area (Å²) in [5.41, 5.74) is 1.65. The number of anilines is 1. The van der Waals surface area contributed by atoms with Crippen LogP contribution in [-0.2, 0) is 26.2 Å². The predicted molar refractivity (Wildman–Crippen MR) is 130 cm³/mol. The maximum absolute atomic E-state index is 13.4. The SMILES string of the molecule is CNC(=O)C(C)N(Cc1ccc(Cl)c(Cl)c1)C(=O)CN(c1cc(C)ccc1OC)S(C)(=O)=O. The molecule has 0 aromatic heterocycles. The fourth-order valence-electron chi connectivity index (χ4n) is 3.22. The van der Waals surface area contributed by atoms with E-state index in [-0.39, 0.29) is 12.2 Å². The molecule has 0 radical (unpaired) electrons. The first-order chi connectivity index (χ1) is 15.4. The highest BCUT2D eigenvalue weighted by Crippen LogP contribution is 2.31. The van der Waals surface area contributed by atoms with Gasteiger partial charge in [-0.25, -0.2) is 8.42 Å². The van der Waals surface area contributed by atoms with E-state index in [1.165, 1.54) is 19.1 Å². The number of nitrogens with zero attached hydrogens (tertiary/aromatic N) is 2. The van der Waals surface area contributed by atoms with Crippen molar-refractivity contribution in [3.63, 3.8) is 0 Å². The molecule has 180 valence electrons. The second kappa shape index (κ2) is 11.1. The molecular weight excluding hydrogens is 489 g/mol. The Morgan fingerprint density at radius 2 is 1.79 bits per heavy atom. The molecule has 0 aliphatic heterocycles. The zero-order valence-electron chi connectivity index (χ0n) is 19.1. The lowest BCUT2D eigenvalue weighted by Crippen LogP contribution is -2.50. The normalized spacial score (nSPS) is 12.1. The molecule has 2 amide bonds. The van der Waals surface area contributed by atoms with E-state index in [0.29, 0.717) is 21.4 Å². The van der Waals surface area contributed by atoms with Crippen molar-refractivity contribution in [3.8, 4) is 5.75 Å². The van der Waals surface area contributed by atoms with Gasteiger partial charge in [-0.3, -0.25) is 13.9 Å². The molecule has 2 rings (SSSR count).